The number of quaternary nitrogens is 1. The van der Waals surface area contributed by atoms with Crippen LogP contribution in [0.15, 0.2) is 0 Å². The smallest absolute Gasteiger partial charge is 0.286 e. The molecular weight excluding hydrogens is 270 g/mol. The average Bonchev–Trinajstić information content (AvgIpc) is 2.66. The first-order chi connectivity index (χ1) is 9.64. The van der Waals surface area contributed by atoms with Gasteiger partial charge in [0, 0.05) is 18.8 Å². The van der Waals surface area contributed by atoms with Gasteiger partial charge in [-0.05, 0) is 6.92 Å². The number of aliphatic hydroxyl groups excluding tert-OH is 1. The molecule has 6 nitrogen and oxygen atoms in total. The average molecular weight is 298 g/mol. The third-order valence-electron chi connectivity index (χ3n) is 5.22. The first-order valence-electron chi connectivity index (χ1n) is 7.78. The molecule has 0 aromatic heterocycles. The van der Waals surface area contributed by atoms with Crippen LogP contribution in [0.25, 0.3) is 0 Å². The van der Waals surface area contributed by atoms with Crippen molar-refractivity contribution < 1.29 is 19.2 Å². The van der Waals surface area contributed by atoms with Crippen LogP contribution < -0.4 is 5.73 Å². The van der Waals surface area contributed by atoms with Crippen LogP contribution >= 0.6 is 0 Å². The zero-order valence-electron chi connectivity index (χ0n) is 13.5. The van der Waals surface area contributed by atoms with E-state index in [1.165, 1.54) is 11.8 Å². The number of rotatable bonds is 5. The third kappa shape index (κ3) is 2.34. The maximum absolute atomic E-state index is 12.8. The van der Waals surface area contributed by atoms with Gasteiger partial charge in [-0.1, -0.05) is 13.8 Å². The van der Waals surface area contributed by atoms with Crippen molar-refractivity contribution >= 4 is 11.8 Å². The van der Waals surface area contributed by atoms with Crippen LogP contribution in [0.1, 0.15) is 33.6 Å². The largest absolute Gasteiger partial charge is 0.391 e. The topological polar surface area (TPSA) is 83.6 Å². The number of carbonyl (C=O) groups excluding carboxylic acids is 2. The maximum Gasteiger partial charge on any atom is 0.286 e. The normalized spacial score (nSPS) is 35.1. The SMILES string of the molecule is CC(C)C[N+]1(C)CCC[C@@]12CN([C@H](C(N)=O)C(C)O)C2=O. The zero-order chi connectivity index (χ0) is 16.0. The van der Waals surface area contributed by atoms with Crippen molar-refractivity contribution in [3.05, 3.63) is 0 Å². The van der Waals surface area contributed by atoms with Crippen LogP contribution in [0.2, 0.25) is 0 Å². The number of likely N-dealkylation sites (tertiary alicyclic amines) is 2. The summed E-state index contributed by atoms with van der Waals surface area (Å²) >= 11 is 0. The number of carbonyl (C=O) groups is 2. The first-order valence-corrected chi connectivity index (χ1v) is 7.78. The molecule has 6 heteroatoms. The van der Waals surface area contributed by atoms with E-state index in [0.29, 0.717) is 12.5 Å². The number of primary amides is 1. The molecule has 0 bridgehead atoms. The van der Waals surface area contributed by atoms with Crippen LogP contribution in [-0.4, -0.2) is 70.7 Å². The minimum absolute atomic E-state index is 0.0205. The van der Waals surface area contributed by atoms with Gasteiger partial charge in [-0.25, -0.2) is 0 Å². The van der Waals surface area contributed by atoms with Gasteiger partial charge >= 0.3 is 0 Å². The van der Waals surface area contributed by atoms with E-state index in [2.05, 4.69) is 20.9 Å². The van der Waals surface area contributed by atoms with E-state index >= 15 is 0 Å². The quantitative estimate of drug-likeness (QED) is 0.540. The van der Waals surface area contributed by atoms with Gasteiger partial charge in [0.2, 0.25) is 5.91 Å². The monoisotopic (exact) mass is 298 g/mol. The van der Waals surface area contributed by atoms with Gasteiger partial charge in [0.05, 0.1) is 32.8 Å². The Morgan fingerprint density at radius 1 is 1.48 bits per heavy atom. The van der Waals surface area contributed by atoms with Gasteiger partial charge in [0.25, 0.3) is 5.91 Å². The molecular formula is C15H28N3O3+. The number of hydrogen-bond acceptors (Lipinski definition) is 3. The van der Waals surface area contributed by atoms with Gasteiger partial charge < -0.3 is 20.2 Å². The number of nitrogens with zero attached hydrogens (tertiary/aromatic N) is 2. The molecule has 0 radical (unpaired) electrons. The van der Waals surface area contributed by atoms with Gasteiger partial charge in [-0.3, -0.25) is 9.59 Å². The van der Waals surface area contributed by atoms with Crippen molar-refractivity contribution in [2.24, 2.45) is 11.7 Å². The molecule has 2 heterocycles. The molecule has 21 heavy (non-hydrogen) atoms. The Balaban J connectivity index is 2.21. The fourth-order valence-corrected chi connectivity index (χ4v) is 4.34. The summed E-state index contributed by atoms with van der Waals surface area (Å²) in [5.74, 6) is -0.146. The van der Waals surface area contributed by atoms with E-state index < -0.39 is 23.6 Å². The lowest BCUT2D eigenvalue weighted by Crippen LogP contribution is -2.81. The van der Waals surface area contributed by atoms with Crippen LogP contribution in [0.5, 0.6) is 0 Å². The van der Waals surface area contributed by atoms with Gasteiger partial charge in [0.1, 0.15) is 6.04 Å². The minimum atomic E-state index is -0.936. The van der Waals surface area contributed by atoms with Gasteiger partial charge in [-0.15, -0.1) is 0 Å². The third-order valence-corrected chi connectivity index (χ3v) is 5.22. The highest BCUT2D eigenvalue weighted by Crippen LogP contribution is 2.45. The molecule has 0 aromatic rings. The van der Waals surface area contributed by atoms with Crippen LogP contribution in [0.3, 0.4) is 0 Å². The second-order valence-corrected chi connectivity index (χ2v) is 7.35. The van der Waals surface area contributed by atoms with Crippen LogP contribution in [0, 0.1) is 5.92 Å². The Labute approximate surface area is 126 Å². The summed E-state index contributed by atoms with van der Waals surface area (Å²) < 4.78 is 0.741. The summed E-state index contributed by atoms with van der Waals surface area (Å²) in [6, 6.07) is -0.906. The zero-order valence-corrected chi connectivity index (χ0v) is 13.5. The second-order valence-electron chi connectivity index (χ2n) is 7.35. The summed E-state index contributed by atoms with van der Waals surface area (Å²) in [5.41, 5.74) is 4.94. The fourth-order valence-electron chi connectivity index (χ4n) is 4.34. The molecule has 2 saturated heterocycles. The highest BCUT2D eigenvalue weighted by Gasteiger charge is 2.68. The highest BCUT2D eigenvalue weighted by atomic mass is 16.3. The summed E-state index contributed by atoms with van der Waals surface area (Å²) in [6.45, 7) is 8.30. The maximum atomic E-state index is 12.8. The highest BCUT2D eigenvalue weighted by molar-refractivity contribution is 5.96. The van der Waals surface area contributed by atoms with Crippen molar-refractivity contribution in [3.63, 3.8) is 0 Å². The molecule has 2 unspecified atom stereocenters. The van der Waals surface area contributed by atoms with Crippen molar-refractivity contribution in [2.75, 3.05) is 26.7 Å². The number of hydrogen-bond donors (Lipinski definition) is 2. The Bertz CT molecular complexity index is 451. The number of nitrogens with two attached hydrogens (primary N) is 1. The predicted molar refractivity (Wildman–Crippen MR) is 79.1 cm³/mol. The Morgan fingerprint density at radius 2 is 2.10 bits per heavy atom. The van der Waals surface area contributed by atoms with Crippen LogP contribution in [-0.2, 0) is 9.59 Å². The van der Waals surface area contributed by atoms with Crippen molar-refractivity contribution in [2.45, 2.75) is 51.3 Å². The first kappa shape index (κ1) is 16.2. The Morgan fingerprint density at radius 3 is 2.52 bits per heavy atom. The molecule has 0 aromatic carbocycles. The van der Waals surface area contributed by atoms with E-state index in [-0.39, 0.29) is 5.91 Å². The Hall–Kier alpha value is -1.14. The number of likely N-dealkylation sites (N-methyl/N-ethyl adjacent to an activating group) is 1. The molecule has 1 spiro atoms. The molecule has 2 aliphatic heterocycles. The molecule has 3 N–H and O–H groups in total. The van der Waals surface area contributed by atoms with E-state index in [0.717, 1.165) is 30.4 Å². The molecule has 120 valence electrons. The molecule has 4 atom stereocenters. The van der Waals surface area contributed by atoms with E-state index in [1.54, 1.807) is 0 Å². The summed E-state index contributed by atoms with van der Waals surface area (Å²) in [6.07, 6.45) is 0.948. The molecule has 0 saturated carbocycles. The number of β-lactam (4-membered cyclic amide) rings is 1. The second kappa shape index (κ2) is 5.25. The van der Waals surface area contributed by atoms with Crippen molar-refractivity contribution in [1.82, 2.24) is 4.90 Å². The predicted octanol–water partition coefficient (Wildman–Crippen LogP) is -0.301. The van der Waals surface area contributed by atoms with E-state index in [9.17, 15) is 14.7 Å². The van der Waals surface area contributed by atoms with E-state index in [4.69, 9.17) is 5.73 Å². The lowest BCUT2D eigenvalue weighted by Gasteiger charge is -2.57. The lowest BCUT2D eigenvalue weighted by atomic mass is 9.81. The Kier molecular flexibility index (Phi) is 4.06. The van der Waals surface area contributed by atoms with Crippen LogP contribution in [0.4, 0.5) is 0 Å². The summed E-state index contributed by atoms with van der Waals surface area (Å²) in [7, 11) is 2.14. The molecule has 2 fully saturated rings. The fraction of sp³-hybridized carbons (Fsp3) is 0.867. The molecule has 2 aliphatic rings. The molecule has 2 rings (SSSR count). The van der Waals surface area contributed by atoms with Gasteiger partial charge in [0.15, 0.2) is 5.54 Å². The molecule has 0 aliphatic carbocycles. The molecule has 2 amide bonds. The van der Waals surface area contributed by atoms with E-state index in [1.807, 2.05) is 0 Å². The van der Waals surface area contributed by atoms with Gasteiger partial charge in [-0.2, -0.15) is 0 Å². The number of aliphatic hydroxyl groups is 1. The summed E-state index contributed by atoms with van der Waals surface area (Å²) in [4.78, 5) is 25.8. The lowest BCUT2D eigenvalue weighted by molar-refractivity contribution is -0.943. The standard InChI is InChI=1S/C15H27N3O3/c1-10(2)8-18(4)7-5-6-15(18)9-17(14(15)21)12(11(3)19)13(16)20/h10-12,19H,5-9H2,1-4H3,(H-,16,20)/p+1/t11?,12-,15-,18?/m0/s1. The van der Waals surface area contributed by atoms with Crippen molar-refractivity contribution in [1.29, 1.82) is 0 Å². The van der Waals surface area contributed by atoms with Crippen molar-refractivity contribution in [3.8, 4) is 0 Å². The summed E-state index contributed by atoms with van der Waals surface area (Å²) in [5, 5.41) is 9.74. The number of amides is 2. The minimum Gasteiger partial charge on any atom is -0.391 e.